The van der Waals surface area contributed by atoms with Crippen molar-refractivity contribution in [2.75, 3.05) is 19.8 Å². The summed E-state index contributed by atoms with van der Waals surface area (Å²) >= 11 is 3.48. The Morgan fingerprint density at radius 1 is 1.57 bits per heavy atom. The van der Waals surface area contributed by atoms with Gasteiger partial charge in [-0.15, -0.1) is 0 Å². The van der Waals surface area contributed by atoms with Crippen molar-refractivity contribution in [3.05, 3.63) is 22.6 Å². The summed E-state index contributed by atoms with van der Waals surface area (Å²) in [6.07, 6.45) is 1.71. The molecule has 0 spiro atoms. The molecule has 14 heavy (non-hydrogen) atoms. The van der Waals surface area contributed by atoms with Gasteiger partial charge in [0.25, 0.3) is 0 Å². The number of furan rings is 1. The van der Waals surface area contributed by atoms with Gasteiger partial charge in [0.2, 0.25) is 0 Å². The quantitative estimate of drug-likeness (QED) is 0.904. The van der Waals surface area contributed by atoms with Crippen LogP contribution in [0.3, 0.4) is 0 Å². The van der Waals surface area contributed by atoms with Crippen molar-refractivity contribution < 1.29 is 9.15 Å². The van der Waals surface area contributed by atoms with E-state index in [9.17, 15) is 0 Å². The minimum absolute atomic E-state index is 0.333. The third kappa shape index (κ3) is 1.87. The molecule has 1 aliphatic rings. The van der Waals surface area contributed by atoms with E-state index in [0.29, 0.717) is 12.0 Å². The summed E-state index contributed by atoms with van der Waals surface area (Å²) < 4.78 is 12.0. The van der Waals surface area contributed by atoms with Crippen LogP contribution in [0, 0.1) is 0 Å². The Labute approximate surface area is 91.9 Å². The van der Waals surface area contributed by atoms with Crippen LogP contribution in [0.5, 0.6) is 0 Å². The average Bonchev–Trinajstić information content (AvgIpc) is 2.74. The fourth-order valence-corrected chi connectivity index (χ4v) is 2.34. The molecule has 3 nitrogen and oxygen atoms in total. The summed E-state index contributed by atoms with van der Waals surface area (Å²) in [5.74, 6) is 1.33. The predicted molar refractivity (Wildman–Crippen MR) is 57.4 cm³/mol. The monoisotopic (exact) mass is 259 g/mol. The van der Waals surface area contributed by atoms with E-state index >= 15 is 0 Å². The van der Waals surface area contributed by atoms with Crippen LogP contribution in [0.25, 0.3) is 0 Å². The maximum Gasteiger partial charge on any atom is 0.124 e. The van der Waals surface area contributed by atoms with E-state index < -0.39 is 0 Å². The summed E-state index contributed by atoms with van der Waals surface area (Å²) in [5, 5.41) is 3.40. The first-order valence-electron chi connectivity index (χ1n) is 4.87. The lowest BCUT2D eigenvalue weighted by Gasteiger charge is -2.16. The lowest BCUT2D eigenvalue weighted by molar-refractivity contribution is 0.186. The van der Waals surface area contributed by atoms with E-state index in [1.165, 1.54) is 0 Å². The number of nitrogens with one attached hydrogen (secondary N) is 1. The fraction of sp³-hybridized carbons (Fsp3) is 0.600. The molecule has 4 heteroatoms. The van der Waals surface area contributed by atoms with Gasteiger partial charge in [-0.2, -0.15) is 0 Å². The second-order valence-electron chi connectivity index (χ2n) is 3.44. The highest BCUT2D eigenvalue weighted by Crippen LogP contribution is 2.31. The van der Waals surface area contributed by atoms with Gasteiger partial charge in [0.15, 0.2) is 0 Å². The van der Waals surface area contributed by atoms with Gasteiger partial charge in [-0.05, 0) is 28.5 Å². The van der Waals surface area contributed by atoms with Gasteiger partial charge >= 0.3 is 0 Å². The molecule has 2 rings (SSSR count). The van der Waals surface area contributed by atoms with E-state index in [1.807, 2.05) is 6.07 Å². The molecule has 1 N–H and O–H groups in total. The maximum atomic E-state index is 5.46. The lowest BCUT2D eigenvalue weighted by Crippen LogP contribution is -2.34. The molecule has 0 amide bonds. The van der Waals surface area contributed by atoms with Crippen molar-refractivity contribution in [3.8, 4) is 0 Å². The highest BCUT2D eigenvalue weighted by Gasteiger charge is 2.32. The van der Waals surface area contributed by atoms with Gasteiger partial charge in [-0.1, -0.05) is 6.92 Å². The zero-order chi connectivity index (χ0) is 9.97. The Morgan fingerprint density at radius 2 is 2.43 bits per heavy atom. The predicted octanol–water partition coefficient (Wildman–Crippen LogP) is 2.13. The van der Waals surface area contributed by atoms with Crippen LogP contribution >= 0.6 is 15.9 Å². The van der Waals surface area contributed by atoms with E-state index in [4.69, 9.17) is 9.15 Å². The second kappa shape index (κ2) is 4.47. The van der Waals surface area contributed by atoms with Crippen molar-refractivity contribution in [2.45, 2.75) is 18.9 Å². The van der Waals surface area contributed by atoms with Crippen LogP contribution < -0.4 is 5.32 Å². The third-order valence-corrected chi connectivity index (χ3v) is 3.18. The topological polar surface area (TPSA) is 34.4 Å². The molecule has 0 saturated carbocycles. The van der Waals surface area contributed by atoms with E-state index in [1.54, 1.807) is 6.26 Å². The first-order chi connectivity index (χ1) is 6.83. The van der Waals surface area contributed by atoms with Crippen LogP contribution in [-0.2, 0) is 4.74 Å². The lowest BCUT2D eigenvalue weighted by atomic mass is 10.0. The Hall–Kier alpha value is -0.320. The molecule has 2 atom stereocenters. The Morgan fingerprint density at radius 3 is 3.07 bits per heavy atom. The number of halogens is 1. The Bertz CT molecular complexity index is 300. The third-order valence-electron chi connectivity index (χ3n) is 2.53. The Balaban J connectivity index is 2.13. The highest BCUT2D eigenvalue weighted by atomic mass is 79.9. The summed E-state index contributed by atoms with van der Waals surface area (Å²) in [5.41, 5.74) is 0. The smallest absolute Gasteiger partial charge is 0.124 e. The van der Waals surface area contributed by atoms with Crippen LogP contribution in [0.1, 0.15) is 18.6 Å². The SMILES string of the molecule is CCNC1COCC1c1occc1Br. The minimum Gasteiger partial charge on any atom is -0.468 e. The maximum absolute atomic E-state index is 5.46. The van der Waals surface area contributed by atoms with Gasteiger partial charge in [0, 0.05) is 6.04 Å². The molecule has 1 fully saturated rings. The second-order valence-corrected chi connectivity index (χ2v) is 4.30. The zero-order valence-corrected chi connectivity index (χ0v) is 9.71. The molecule has 0 aliphatic carbocycles. The van der Waals surface area contributed by atoms with Crippen molar-refractivity contribution in [1.29, 1.82) is 0 Å². The van der Waals surface area contributed by atoms with Crippen LogP contribution in [0.15, 0.2) is 21.2 Å². The van der Waals surface area contributed by atoms with Crippen molar-refractivity contribution in [2.24, 2.45) is 0 Å². The summed E-state index contributed by atoms with van der Waals surface area (Å²) in [6, 6.07) is 2.30. The van der Waals surface area contributed by atoms with Gasteiger partial charge in [0.1, 0.15) is 5.76 Å². The molecule has 2 heterocycles. The number of hydrogen-bond donors (Lipinski definition) is 1. The summed E-state index contributed by atoms with van der Waals surface area (Å²) in [6.45, 7) is 4.57. The largest absolute Gasteiger partial charge is 0.468 e. The van der Waals surface area contributed by atoms with Gasteiger partial charge in [-0.3, -0.25) is 0 Å². The van der Waals surface area contributed by atoms with Gasteiger partial charge in [-0.25, -0.2) is 0 Å². The number of hydrogen-bond acceptors (Lipinski definition) is 3. The molecule has 0 aromatic carbocycles. The summed E-state index contributed by atoms with van der Waals surface area (Å²) in [7, 11) is 0. The molecular formula is C10H14BrNO2. The molecule has 1 saturated heterocycles. The molecule has 78 valence electrons. The van der Waals surface area contributed by atoms with E-state index in [-0.39, 0.29) is 0 Å². The molecule has 1 aromatic heterocycles. The minimum atomic E-state index is 0.333. The first-order valence-corrected chi connectivity index (χ1v) is 5.66. The number of likely N-dealkylation sites (N-methyl/N-ethyl adjacent to an activating group) is 1. The number of ether oxygens (including phenoxy) is 1. The van der Waals surface area contributed by atoms with Crippen LogP contribution in [0.2, 0.25) is 0 Å². The van der Waals surface area contributed by atoms with Gasteiger partial charge < -0.3 is 14.5 Å². The fourth-order valence-electron chi connectivity index (χ4n) is 1.85. The molecule has 1 aromatic rings. The zero-order valence-electron chi connectivity index (χ0n) is 8.13. The van der Waals surface area contributed by atoms with E-state index in [0.717, 1.165) is 30.0 Å². The first kappa shape index (κ1) is 10.2. The molecule has 2 unspecified atom stereocenters. The van der Waals surface area contributed by atoms with Gasteiger partial charge in [0.05, 0.1) is 29.9 Å². The molecule has 0 radical (unpaired) electrons. The van der Waals surface area contributed by atoms with Crippen molar-refractivity contribution >= 4 is 15.9 Å². The molecular weight excluding hydrogens is 246 g/mol. The molecule has 0 bridgehead atoms. The highest BCUT2D eigenvalue weighted by molar-refractivity contribution is 9.10. The van der Waals surface area contributed by atoms with Crippen molar-refractivity contribution in [3.63, 3.8) is 0 Å². The van der Waals surface area contributed by atoms with E-state index in [2.05, 4.69) is 28.2 Å². The summed E-state index contributed by atoms with van der Waals surface area (Å²) in [4.78, 5) is 0. The standard InChI is InChI=1S/C10H14BrNO2/c1-2-12-9-6-13-5-7(9)10-8(11)3-4-14-10/h3-4,7,9,12H,2,5-6H2,1H3. The van der Waals surface area contributed by atoms with Crippen LogP contribution in [0.4, 0.5) is 0 Å². The number of rotatable bonds is 3. The van der Waals surface area contributed by atoms with Crippen molar-refractivity contribution in [1.82, 2.24) is 5.32 Å². The average molecular weight is 260 g/mol. The normalized spacial score (nSPS) is 27.0. The Kier molecular flexibility index (Phi) is 3.26. The van der Waals surface area contributed by atoms with Crippen LogP contribution in [-0.4, -0.2) is 25.8 Å². The molecule has 1 aliphatic heterocycles.